The Morgan fingerprint density at radius 2 is 1.21 bits per heavy atom. The van der Waals surface area contributed by atoms with E-state index in [4.69, 9.17) is 47.4 Å². The van der Waals surface area contributed by atoms with Crippen LogP contribution in [-0.4, -0.2) is 252 Å². The number of carboxylic acids is 1. The summed E-state index contributed by atoms with van der Waals surface area (Å²) in [4.78, 5) is 54.9. The Bertz CT molecular complexity index is 2680. The molecule has 0 bridgehead atoms. The van der Waals surface area contributed by atoms with Gasteiger partial charge in [-0.3, -0.25) is 0 Å². The largest absolute Gasteiger partial charge is 0.479 e. The number of hydrogen-bond acceptors (Lipinski definition) is 26. The third-order valence-corrected chi connectivity index (χ3v) is 22.9. The average Bonchev–Trinajstić information content (AvgIpc) is 0.672. The maximum atomic E-state index is 14.2. The first-order chi connectivity index (χ1) is 41.7. The molecule has 9 aliphatic rings. The van der Waals surface area contributed by atoms with Crippen molar-refractivity contribution in [1.29, 1.82) is 0 Å². The molecule has 0 radical (unpaired) electrons. The molecule has 4 heterocycles. The van der Waals surface area contributed by atoms with Gasteiger partial charge in [-0.25, -0.2) is 14.4 Å². The molecule has 0 aromatic carbocycles. The summed E-state index contributed by atoms with van der Waals surface area (Å²) < 4.78 is 60.9. The van der Waals surface area contributed by atoms with E-state index in [0.717, 1.165) is 11.9 Å². The van der Waals surface area contributed by atoms with Gasteiger partial charge in [0.2, 0.25) is 0 Å². The van der Waals surface area contributed by atoms with E-state index < -0.39 is 224 Å². The molecule has 5 aliphatic carbocycles. The van der Waals surface area contributed by atoms with Crippen LogP contribution in [0.4, 0.5) is 0 Å². The van der Waals surface area contributed by atoms with Gasteiger partial charge >= 0.3 is 17.9 Å². The van der Waals surface area contributed by atoms with Crippen molar-refractivity contribution in [3.05, 3.63) is 34.9 Å². The molecule has 9 rings (SSSR count). The van der Waals surface area contributed by atoms with Crippen LogP contribution in [0.15, 0.2) is 34.9 Å². The molecule has 8 fully saturated rings. The number of carbonyl (C=O) groups is 4. The first-order valence-electron chi connectivity index (χ1n) is 31.0. The number of esters is 2. The molecule has 27 heteroatoms. The molecular weight excluding hydrogens is 1180 g/mol. The Labute approximate surface area is 516 Å². The van der Waals surface area contributed by atoms with Crippen LogP contribution < -0.4 is 0 Å². The zero-order chi connectivity index (χ0) is 65.6. The van der Waals surface area contributed by atoms with Gasteiger partial charge in [-0.2, -0.15) is 0 Å². The number of carbonyl (C=O) groups excluding carboxylic acids is 3. The van der Waals surface area contributed by atoms with E-state index in [0.29, 0.717) is 37.7 Å². The first-order valence-corrected chi connectivity index (χ1v) is 31.0. The van der Waals surface area contributed by atoms with Crippen molar-refractivity contribution in [3.8, 4) is 0 Å². The molecule has 4 saturated heterocycles. The number of carboxylic acid groups (broad SMARTS) is 1. The zero-order valence-corrected chi connectivity index (χ0v) is 52.1. The second-order valence-electron chi connectivity index (χ2n) is 28.0. The smallest absolute Gasteiger partial charge is 0.335 e. The van der Waals surface area contributed by atoms with Crippen molar-refractivity contribution >= 4 is 24.2 Å². The average molecular weight is 1270 g/mol. The quantitative estimate of drug-likeness (QED) is 0.0288. The predicted molar refractivity (Wildman–Crippen MR) is 302 cm³/mol. The molecule has 0 aromatic heterocycles. The number of aldehydes is 1. The lowest BCUT2D eigenvalue weighted by molar-refractivity contribution is -0.398. The number of allylic oxidation sites excluding steroid dienone is 4. The molecule has 0 amide bonds. The van der Waals surface area contributed by atoms with Crippen LogP contribution >= 0.6 is 0 Å². The lowest BCUT2D eigenvalue weighted by atomic mass is 9.33. The minimum absolute atomic E-state index is 0.106. The highest BCUT2D eigenvalue weighted by Gasteiger charge is 2.74. The minimum atomic E-state index is -2.28. The summed E-state index contributed by atoms with van der Waals surface area (Å²) >= 11 is 0. The molecule has 4 saturated carbocycles. The van der Waals surface area contributed by atoms with Crippen LogP contribution in [0.5, 0.6) is 0 Å². The van der Waals surface area contributed by atoms with Gasteiger partial charge in [0.05, 0.1) is 49.5 Å². The van der Waals surface area contributed by atoms with Gasteiger partial charge in [-0.1, -0.05) is 65.3 Å². The summed E-state index contributed by atoms with van der Waals surface area (Å²) in [5.41, 5.74) is -4.29. The van der Waals surface area contributed by atoms with Crippen LogP contribution in [0.1, 0.15) is 114 Å². The molecular formula is C62H94O27. The molecule has 13 N–H and O–H groups in total. The highest BCUT2D eigenvalue weighted by atomic mass is 16.8. The first kappa shape index (κ1) is 69.8. The number of fused-ring (bicyclic) bond motifs is 7. The van der Waals surface area contributed by atoms with E-state index in [9.17, 15) is 85.6 Å². The van der Waals surface area contributed by atoms with Gasteiger partial charge < -0.3 is 119 Å². The van der Waals surface area contributed by atoms with Crippen LogP contribution in [-0.2, 0) is 66.5 Å². The number of aliphatic hydroxyl groups is 12. The lowest BCUT2D eigenvalue weighted by Gasteiger charge is -2.72. The summed E-state index contributed by atoms with van der Waals surface area (Å²) in [5, 5.41) is 144. The number of ether oxygens (including phenoxy) is 10. The second-order valence-corrected chi connectivity index (χ2v) is 28.0. The Morgan fingerprint density at radius 1 is 0.629 bits per heavy atom. The molecule has 89 heavy (non-hydrogen) atoms. The SMILES string of the molecule is CC=C(C)C(=O)OC1C(OC(=O)C(C)=CC)C2(CO)C(O)CC3(C)C(=CCC4C5(C)CCC(OC6OC(C(=O)O)C(O)C(OC7OCC(O)C(O)C7OC7OCC(O)C(O)C7O)C6OC6OC(CO)C(O)C(O)C6O)C(C)(C=O)C5CCC43C)C2CC1(C)C. The van der Waals surface area contributed by atoms with Crippen molar-refractivity contribution in [2.45, 2.75) is 249 Å². The van der Waals surface area contributed by atoms with E-state index in [1.54, 1.807) is 46.8 Å². The van der Waals surface area contributed by atoms with Crippen molar-refractivity contribution in [2.24, 2.45) is 50.2 Å². The summed E-state index contributed by atoms with van der Waals surface area (Å²) in [7, 11) is 0. The highest BCUT2D eigenvalue weighted by Crippen LogP contribution is 2.76. The number of aliphatic carboxylic acids is 1. The molecule has 0 spiro atoms. The summed E-state index contributed by atoms with van der Waals surface area (Å²) in [5.74, 6) is -4.31. The number of rotatable bonds is 16. The van der Waals surface area contributed by atoms with Gasteiger partial charge in [-0.05, 0) is 107 Å². The molecule has 0 aromatic rings. The van der Waals surface area contributed by atoms with Gasteiger partial charge in [-0.15, -0.1) is 0 Å². The Kier molecular flexibility index (Phi) is 20.4. The zero-order valence-electron chi connectivity index (χ0n) is 52.1. The van der Waals surface area contributed by atoms with Gasteiger partial charge in [0.1, 0.15) is 91.7 Å². The fourth-order valence-corrected chi connectivity index (χ4v) is 17.1. The van der Waals surface area contributed by atoms with E-state index in [1.165, 1.54) is 0 Å². The van der Waals surface area contributed by atoms with Gasteiger partial charge in [0, 0.05) is 16.6 Å². The monoisotopic (exact) mass is 1270 g/mol. The minimum Gasteiger partial charge on any atom is -0.479 e. The Morgan fingerprint density at radius 3 is 1.81 bits per heavy atom. The fraction of sp³-hybridized carbons (Fsp3) is 0.839. The summed E-state index contributed by atoms with van der Waals surface area (Å²) in [6, 6.07) is 0. The number of hydrogen-bond donors (Lipinski definition) is 13. The Hall–Kier alpha value is -3.50. The molecule has 504 valence electrons. The summed E-state index contributed by atoms with van der Waals surface area (Å²) in [6.07, 6.45) is -31.0. The van der Waals surface area contributed by atoms with E-state index >= 15 is 0 Å². The van der Waals surface area contributed by atoms with Crippen LogP contribution in [0.2, 0.25) is 0 Å². The molecule has 27 nitrogen and oxygen atoms in total. The second kappa shape index (κ2) is 26.0. The van der Waals surface area contributed by atoms with Crippen LogP contribution in [0, 0.1) is 50.2 Å². The van der Waals surface area contributed by atoms with Crippen molar-refractivity contribution in [1.82, 2.24) is 0 Å². The normalized spacial score (nSPS) is 50.0. The van der Waals surface area contributed by atoms with Crippen LogP contribution in [0.25, 0.3) is 0 Å². The molecule has 4 aliphatic heterocycles. The Balaban J connectivity index is 1.06. The fourth-order valence-electron chi connectivity index (χ4n) is 17.1. The summed E-state index contributed by atoms with van der Waals surface area (Å²) in [6.45, 7) is 15.9. The topological polar surface area (TPSA) is 424 Å². The standard InChI is InChI=1S/C62H94O27/c1-11-26(3)51(78)88-48-49(89-52(79)27(4)12-2)62(25-65)29(19-57(48,5)6)28-13-14-34-58(7)17-16-36(59(8,24-64)33(58)15-18-60(34,9)61(28,10)20-35(62)68)83-56-47(87-54-42(74)40(72)39(71)32(21-63)82-54)44(43(75)45(85-56)50(76)77)84-55-46(38(70)31(67)23-81-55)86-53-41(73)37(69)30(66)22-80-53/h11-13,24,29-49,53-56,63,65-75H,14-23,25H2,1-10H3,(H,76,77). The third kappa shape index (κ3) is 11.6. The maximum Gasteiger partial charge on any atom is 0.335 e. The molecule has 30 unspecified atom stereocenters. The van der Waals surface area contributed by atoms with Gasteiger partial charge in [0.15, 0.2) is 37.4 Å². The predicted octanol–water partition coefficient (Wildman–Crippen LogP) is -1.07. The van der Waals surface area contributed by atoms with E-state index in [2.05, 4.69) is 26.8 Å². The highest BCUT2D eigenvalue weighted by molar-refractivity contribution is 5.89. The van der Waals surface area contributed by atoms with Crippen molar-refractivity contribution < 1.29 is 133 Å². The lowest BCUT2D eigenvalue weighted by Crippen LogP contribution is -2.72. The third-order valence-electron chi connectivity index (χ3n) is 22.9. The maximum absolute atomic E-state index is 14.2. The molecule has 30 atom stereocenters. The van der Waals surface area contributed by atoms with E-state index in [-0.39, 0.29) is 24.3 Å². The van der Waals surface area contributed by atoms with E-state index in [1.807, 2.05) is 13.8 Å². The van der Waals surface area contributed by atoms with Crippen molar-refractivity contribution in [2.75, 3.05) is 26.4 Å². The number of aliphatic hydroxyl groups excluding tert-OH is 12. The van der Waals surface area contributed by atoms with Crippen LogP contribution in [0.3, 0.4) is 0 Å². The van der Waals surface area contributed by atoms with Gasteiger partial charge in [0.25, 0.3) is 0 Å². The van der Waals surface area contributed by atoms with Crippen molar-refractivity contribution in [3.63, 3.8) is 0 Å².